The summed E-state index contributed by atoms with van der Waals surface area (Å²) in [5, 5.41) is 7.42. The summed E-state index contributed by atoms with van der Waals surface area (Å²) in [6, 6.07) is 14.7. The minimum Gasteiger partial charge on any atom is -0.493 e. The number of fused-ring (bicyclic) bond motifs is 1. The number of aliphatic carboxylic acids is 1. The summed E-state index contributed by atoms with van der Waals surface area (Å²) in [5.74, 6) is 1.68. The molecule has 0 saturated carbocycles. The van der Waals surface area contributed by atoms with Crippen LogP contribution in [0.2, 0.25) is 0 Å². The first-order chi connectivity index (χ1) is 13.9. The van der Waals surface area contributed by atoms with Crippen LogP contribution in [-0.2, 0) is 24.1 Å². The first-order valence-corrected chi connectivity index (χ1v) is 9.90. The molecule has 2 aromatic carbocycles. The van der Waals surface area contributed by atoms with Crippen molar-refractivity contribution in [2.75, 3.05) is 6.61 Å². The third-order valence-electron chi connectivity index (χ3n) is 4.87. The van der Waals surface area contributed by atoms with Gasteiger partial charge in [0, 0.05) is 18.9 Å². The van der Waals surface area contributed by atoms with Crippen molar-refractivity contribution in [3.05, 3.63) is 70.6 Å². The summed E-state index contributed by atoms with van der Waals surface area (Å²) in [6.07, 6.45) is 4.39. The number of carbonyl (C=O) groups is 1. The highest BCUT2D eigenvalue weighted by atomic mass is 16.5. The van der Waals surface area contributed by atoms with Gasteiger partial charge in [0.1, 0.15) is 11.5 Å². The fourth-order valence-electron chi connectivity index (χ4n) is 3.38. The number of aryl methyl sites for hydroxylation is 4. The molecule has 1 heterocycles. The summed E-state index contributed by atoms with van der Waals surface area (Å²) >= 11 is 0. The fourth-order valence-corrected chi connectivity index (χ4v) is 3.38. The zero-order chi connectivity index (χ0) is 20.8. The van der Waals surface area contributed by atoms with Crippen LogP contribution >= 0.6 is 0 Å². The summed E-state index contributed by atoms with van der Waals surface area (Å²) in [4.78, 5) is 13.7. The van der Waals surface area contributed by atoms with E-state index in [-0.39, 0.29) is 0 Å². The molecule has 0 unspecified atom stereocenters. The standard InChI is InChI=1S/C22H23NO2.C2H4O2/c1-15-6-8-18(9-7-15)22-23-21(16(2)25-22)12-13-24-20-11-10-17-4-3-5-19(17)14-20;1-2(3)4/h6-11,14H,3-5,12-13H2,1-2H3;1H3,(H,3,4). The van der Waals surface area contributed by atoms with Crippen molar-refractivity contribution in [2.24, 2.45) is 0 Å². The number of rotatable bonds is 5. The lowest BCUT2D eigenvalue weighted by molar-refractivity contribution is -0.134. The van der Waals surface area contributed by atoms with Crippen LogP contribution in [0.4, 0.5) is 0 Å². The fraction of sp³-hybridized carbons (Fsp3) is 0.333. The van der Waals surface area contributed by atoms with Crippen molar-refractivity contribution in [3.8, 4) is 17.2 Å². The average Bonchev–Trinajstić information content (AvgIpc) is 3.28. The van der Waals surface area contributed by atoms with Crippen LogP contribution in [0.15, 0.2) is 46.9 Å². The van der Waals surface area contributed by atoms with Crippen LogP contribution in [0.25, 0.3) is 11.5 Å². The molecule has 1 aromatic heterocycles. The molecule has 0 amide bonds. The molecule has 4 rings (SSSR count). The molecular weight excluding hydrogens is 366 g/mol. The second-order valence-corrected chi connectivity index (χ2v) is 7.29. The molecule has 0 aliphatic heterocycles. The van der Waals surface area contributed by atoms with Crippen LogP contribution in [0.5, 0.6) is 5.75 Å². The lowest BCUT2D eigenvalue weighted by Crippen LogP contribution is -2.03. The van der Waals surface area contributed by atoms with E-state index in [2.05, 4.69) is 42.2 Å². The summed E-state index contributed by atoms with van der Waals surface area (Å²) < 4.78 is 11.8. The van der Waals surface area contributed by atoms with Gasteiger partial charge < -0.3 is 14.3 Å². The Labute approximate surface area is 171 Å². The van der Waals surface area contributed by atoms with E-state index in [1.807, 2.05) is 19.1 Å². The maximum atomic E-state index is 9.00. The van der Waals surface area contributed by atoms with Crippen LogP contribution in [-0.4, -0.2) is 22.7 Å². The molecule has 1 aliphatic carbocycles. The van der Waals surface area contributed by atoms with Gasteiger partial charge in [0.2, 0.25) is 5.89 Å². The Balaban J connectivity index is 0.000000552. The summed E-state index contributed by atoms with van der Waals surface area (Å²) in [6.45, 7) is 5.74. The maximum Gasteiger partial charge on any atom is 0.300 e. The van der Waals surface area contributed by atoms with Gasteiger partial charge in [-0.2, -0.15) is 0 Å². The van der Waals surface area contributed by atoms with Crippen LogP contribution in [0.1, 0.15) is 41.5 Å². The molecule has 29 heavy (non-hydrogen) atoms. The van der Waals surface area contributed by atoms with E-state index in [1.165, 1.54) is 36.0 Å². The molecule has 1 N–H and O–H groups in total. The van der Waals surface area contributed by atoms with E-state index in [0.29, 0.717) is 12.5 Å². The Morgan fingerprint density at radius 1 is 1.10 bits per heavy atom. The van der Waals surface area contributed by atoms with Gasteiger partial charge in [-0.05, 0) is 68.5 Å². The van der Waals surface area contributed by atoms with E-state index in [1.54, 1.807) is 0 Å². The number of carboxylic acid groups (broad SMARTS) is 1. The molecular formula is C24H27NO4. The minimum absolute atomic E-state index is 0.611. The topological polar surface area (TPSA) is 72.6 Å². The molecule has 152 valence electrons. The smallest absolute Gasteiger partial charge is 0.300 e. The molecule has 0 saturated heterocycles. The van der Waals surface area contributed by atoms with Gasteiger partial charge in [0.05, 0.1) is 12.3 Å². The van der Waals surface area contributed by atoms with Crippen molar-refractivity contribution in [3.63, 3.8) is 0 Å². The second kappa shape index (κ2) is 9.41. The quantitative estimate of drug-likeness (QED) is 0.648. The normalized spacial score (nSPS) is 12.1. The van der Waals surface area contributed by atoms with Crippen LogP contribution in [0.3, 0.4) is 0 Å². The number of nitrogens with zero attached hydrogens (tertiary/aromatic N) is 1. The number of carboxylic acids is 1. The Kier molecular flexibility index (Phi) is 6.70. The van der Waals surface area contributed by atoms with Gasteiger partial charge in [-0.3, -0.25) is 4.79 Å². The number of hydrogen-bond donors (Lipinski definition) is 1. The van der Waals surface area contributed by atoms with Crippen molar-refractivity contribution < 1.29 is 19.1 Å². The molecule has 0 spiro atoms. The predicted octanol–water partition coefficient (Wildman–Crippen LogP) is 5.16. The maximum absolute atomic E-state index is 9.00. The van der Waals surface area contributed by atoms with E-state index in [9.17, 15) is 0 Å². The zero-order valence-corrected chi connectivity index (χ0v) is 17.2. The average molecular weight is 393 g/mol. The van der Waals surface area contributed by atoms with Gasteiger partial charge in [-0.15, -0.1) is 0 Å². The van der Waals surface area contributed by atoms with E-state index < -0.39 is 5.97 Å². The van der Waals surface area contributed by atoms with E-state index in [0.717, 1.165) is 36.1 Å². The van der Waals surface area contributed by atoms with Crippen molar-refractivity contribution in [1.29, 1.82) is 0 Å². The van der Waals surface area contributed by atoms with E-state index in [4.69, 9.17) is 19.1 Å². The number of aromatic nitrogens is 1. The zero-order valence-electron chi connectivity index (χ0n) is 17.2. The third kappa shape index (κ3) is 5.70. The highest BCUT2D eigenvalue weighted by Gasteiger charge is 2.13. The van der Waals surface area contributed by atoms with E-state index >= 15 is 0 Å². The Bertz CT molecular complexity index is 969. The van der Waals surface area contributed by atoms with Gasteiger partial charge in [-0.1, -0.05) is 23.8 Å². The molecule has 0 radical (unpaired) electrons. The second-order valence-electron chi connectivity index (χ2n) is 7.29. The van der Waals surface area contributed by atoms with Crippen molar-refractivity contribution in [1.82, 2.24) is 4.98 Å². The summed E-state index contributed by atoms with van der Waals surface area (Å²) in [5.41, 5.74) is 6.13. The highest BCUT2D eigenvalue weighted by Crippen LogP contribution is 2.26. The van der Waals surface area contributed by atoms with Gasteiger partial charge in [0.25, 0.3) is 5.97 Å². The molecule has 0 atom stereocenters. The molecule has 0 bridgehead atoms. The number of benzene rings is 2. The Hall–Kier alpha value is -3.08. The first-order valence-electron chi connectivity index (χ1n) is 9.90. The SMILES string of the molecule is CC(=O)O.Cc1ccc(-c2nc(CCOc3ccc4c(c3)CCC4)c(C)o2)cc1. The lowest BCUT2D eigenvalue weighted by Gasteiger charge is -2.07. The number of oxazole rings is 1. The minimum atomic E-state index is -0.833. The van der Waals surface area contributed by atoms with Crippen molar-refractivity contribution >= 4 is 5.97 Å². The molecule has 5 heteroatoms. The predicted molar refractivity (Wildman–Crippen MR) is 112 cm³/mol. The molecule has 5 nitrogen and oxygen atoms in total. The number of ether oxygens (including phenoxy) is 1. The van der Waals surface area contributed by atoms with Crippen LogP contribution < -0.4 is 4.74 Å². The van der Waals surface area contributed by atoms with Gasteiger partial charge in [0.15, 0.2) is 0 Å². The molecule has 0 fully saturated rings. The summed E-state index contributed by atoms with van der Waals surface area (Å²) in [7, 11) is 0. The molecule has 1 aliphatic rings. The Morgan fingerprint density at radius 3 is 2.52 bits per heavy atom. The third-order valence-corrected chi connectivity index (χ3v) is 4.87. The van der Waals surface area contributed by atoms with Crippen LogP contribution in [0, 0.1) is 13.8 Å². The monoisotopic (exact) mass is 393 g/mol. The Morgan fingerprint density at radius 2 is 1.79 bits per heavy atom. The van der Waals surface area contributed by atoms with Gasteiger partial charge >= 0.3 is 0 Å². The molecule has 3 aromatic rings. The number of hydrogen-bond acceptors (Lipinski definition) is 4. The first kappa shape index (κ1) is 20.6. The highest BCUT2D eigenvalue weighted by molar-refractivity contribution is 5.63. The van der Waals surface area contributed by atoms with Gasteiger partial charge in [-0.25, -0.2) is 4.98 Å². The largest absolute Gasteiger partial charge is 0.493 e. The lowest BCUT2D eigenvalue weighted by atomic mass is 10.1. The van der Waals surface area contributed by atoms with Crippen molar-refractivity contribution in [2.45, 2.75) is 46.5 Å².